The normalized spacial score (nSPS) is 15.0. The van der Waals surface area contributed by atoms with Gasteiger partial charge < -0.3 is 0 Å². The Balaban J connectivity index is 2.68. The van der Waals surface area contributed by atoms with Gasteiger partial charge in [-0.2, -0.15) is 18.3 Å². The van der Waals surface area contributed by atoms with Crippen LogP contribution in [0.1, 0.15) is 13.3 Å². The minimum Gasteiger partial charge on any atom is -0.266 e. The van der Waals surface area contributed by atoms with Gasteiger partial charge in [-0.1, -0.05) is 0 Å². The fraction of sp³-hybridized carbons (Fsp3) is 0.571. The van der Waals surface area contributed by atoms with E-state index in [-0.39, 0.29) is 5.03 Å². The van der Waals surface area contributed by atoms with Gasteiger partial charge in [0.2, 0.25) is 0 Å². The second-order valence-corrected chi connectivity index (χ2v) is 4.94. The number of H-pyrrole nitrogens is 1. The van der Waals surface area contributed by atoms with E-state index in [1.807, 2.05) is 4.72 Å². The molecule has 5 nitrogen and oxygen atoms in total. The molecule has 0 saturated heterocycles. The van der Waals surface area contributed by atoms with Crippen molar-refractivity contribution < 1.29 is 21.6 Å². The van der Waals surface area contributed by atoms with Gasteiger partial charge in [0.25, 0.3) is 10.0 Å². The highest BCUT2D eigenvalue weighted by Crippen LogP contribution is 2.21. The zero-order chi connectivity index (χ0) is 12.4. The van der Waals surface area contributed by atoms with Crippen LogP contribution in [0.5, 0.6) is 0 Å². The van der Waals surface area contributed by atoms with Crippen LogP contribution in [-0.2, 0) is 10.0 Å². The van der Waals surface area contributed by atoms with E-state index >= 15 is 0 Å². The third-order valence-corrected chi connectivity index (χ3v) is 3.18. The highest BCUT2D eigenvalue weighted by atomic mass is 32.2. The number of rotatable bonds is 4. The number of nitrogens with zero attached hydrogens (tertiary/aromatic N) is 1. The first-order valence-electron chi connectivity index (χ1n) is 4.29. The molecule has 1 aromatic rings. The second-order valence-electron chi connectivity index (χ2n) is 3.26. The Kier molecular flexibility index (Phi) is 3.58. The fourth-order valence-electron chi connectivity index (χ4n) is 1.11. The summed E-state index contributed by atoms with van der Waals surface area (Å²) in [6.45, 7) is 1.14. The molecule has 1 unspecified atom stereocenters. The Morgan fingerprint density at radius 1 is 1.56 bits per heavy atom. The first kappa shape index (κ1) is 13.0. The second kappa shape index (κ2) is 4.42. The molecule has 0 aliphatic carbocycles. The molecule has 9 heteroatoms. The standard InChI is InChI=1S/C7H10F3N3O2S/c1-5(4-7(8,9)10)13-16(14,15)6-2-3-11-12-6/h2-3,5,13H,4H2,1H3,(H,11,12). The molecular formula is C7H10F3N3O2S. The van der Waals surface area contributed by atoms with Gasteiger partial charge in [0, 0.05) is 6.04 Å². The summed E-state index contributed by atoms with van der Waals surface area (Å²) < 4.78 is 60.7. The van der Waals surface area contributed by atoms with Crippen molar-refractivity contribution >= 4 is 10.0 Å². The number of hydrogen-bond acceptors (Lipinski definition) is 3. The smallest absolute Gasteiger partial charge is 0.266 e. The van der Waals surface area contributed by atoms with Gasteiger partial charge in [-0.15, -0.1) is 0 Å². The number of aromatic nitrogens is 2. The summed E-state index contributed by atoms with van der Waals surface area (Å²) in [5.74, 6) is 0. The van der Waals surface area contributed by atoms with E-state index < -0.39 is 28.7 Å². The van der Waals surface area contributed by atoms with Gasteiger partial charge in [0.05, 0.1) is 12.6 Å². The molecule has 1 heterocycles. The van der Waals surface area contributed by atoms with Gasteiger partial charge in [0.15, 0.2) is 5.03 Å². The van der Waals surface area contributed by atoms with Crippen molar-refractivity contribution in [1.82, 2.24) is 14.9 Å². The molecule has 0 amide bonds. The summed E-state index contributed by atoms with van der Waals surface area (Å²) in [7, 11) is -3.96. The van der Waals surface area contributed by atoms with Gasteiger partial charge in [-0.3, -0.25) is 5.10 Å². The van der Waals surface area contributed by atoms with Crippen LogP contribution in [0.3, 0.4) is 0 Å². The Morgan fingerprint density at radius 3 is 2.62 bits per heavy atom. The van der Waals surface area contributed by atoms with E-state index in [0.29, 0.717) is 0 Å². The minimum absolute atomic E-state index is 0.262. The van der Waals surface area contributed by atoms with E-state index in [9.17, 15) is 21.6 Å². The number of halogens is 3. The van der Waals surface area contributed by atoms with Crippen molar-refractivity contribution in [2.24, 2.45) is 0 Å². The van der Waals surface area contributed by atoms with E-state index in [1.165, 1.54) is 6.20 Å². The monoisotopic (exact) mass is 257 g/mol. The number of sulfonamides is 1. The molecule has 1 aromatic heterocycles. The summed E-state index contributed by atoms with van der Waals surface area (Å²) >= 11 is 0. The third-order valence-electron chi connectivity index (χ3n) is 1.66. The van der Waals surface area contributed by atoms with Crippen LogP contribution in [0.25, 0.3) is 0 Å². The molecule has 0 aliphatic heterocycles. The van der Waals surface area contributed by atoms with E-state index in [4.69, 9.17) is 0 Å². The Labute approximate surface area is 90.1 Å². The molecule has 0 spiro atoms. The lowest BCUT2D eigenvalue weighted by atomic mass is 10.2. The maximum Gasteiger partial charge on any atom is 0.390 e. The van der Waals surface area contributed by atoms with Crippen LogP contribution in [0.2, 0.25) is 0 Å². The maximum absolute atomic E-state index is 12.0. The van der Waals surface area contributed by atoms with Crippen molar-refractivity contribution in [3.63, 3.8) is 0 Å². The molecule has 1 rings (SSSR count). The predicted molar refractivity (Wildman–Crippen MR) is 49.0 cm³/mol. The summed E-state index contributed by atoms with van der Waals surface area (Å²) in [4.78, 5) is 0. The van der Waals surface area contributed by atoms with Crippen LogP contribution >= 0.6 is 0 Å². The molecule has 0 radical (unpaired) electrons. The van der Waals surface area contributed by atoms with Crippen molar-refractivity contribution in [3.05, 3.63) is 12.3 Å². The molecule has 0 bridgehead atoms. The highest BCUT2D eigenvalue weighted by Gasteiger charge is 2.32. The molecule has 92 valence electrons. The van der Waals surface area contributed by atoms with Crippen LogP contribution in [0.4, 0.5) is 13.2 Å². The molecule has 1 atom stereocenters. The van der Waals surface area contributed by atoms with Crippen LogP contribution < -0.4 is 4.72 Å². The average Bonchev–Trinajstić information content (AvgIpc) is 2.49. The van der Waals surface area contributed by atoms with E-state index in [1.54, 1.807) is 0 Å². The lowest BCUT2D eigenvalue weighted by Gasteiger charge is -2.14. The summed E-state index contributed by atoms with van der Waals surface area (Å²) in [6, 6.07) is -0.0730. The van der Waals surface area contributed by atoms with Crippen LogP contribution in [-0.4, -0.2) is 30.8 Å². The molecule has 0 saturated carbocycles. The summed E-state index contributed by atoms with van der Waals surface area (Å²) in [5, 5.41) is 5.31. The zero-order valence-electron chi connectivity index (χ0n) is 8.25. The molecule has 0 fully saturated rings. The zero-order valence-corrected chi connectivity index (χ0v) is 9.06. The van der Waals surface area contributed by atoms with E-state index in [0.717, 1.165) is 13.0 Å². The molecule has 16 heavy (non-hydrogen) atoms. The molecule has 0 aromatic carbocycles. The SMILES string of the molecule is CC(CC(F)(F)F)NS(=O)(=O)c1ccn[nH]1. The average molecular weight is 257 g/mol. The molecular weight excluding hydrogens is 247 g/mol. The quantitative estimate of drug-likeness (QED) is 0.846. The number of aromatic amines is 1. The molecule has 0 aliphatic rings. The largest absolute Gasteiger partial charge is 0.390 e. The number of nitrogens with one attached hydrogen (secondary N) is 2. The van der Waals surface area contributed by atoms with Gasteiger partial charge in [0.1, 0.15) is 0 Å². The van der Waals surface area contributed by atoms with Crippen LogP contribution in [0, 0.1) is 0 Å². The number of alkyl halides is 3. The lowest BCUT2D eigenvalue weighted by molar-refractivity contribution is -0.137. The van der Waals surface area contributed by atoms with Crippen molar-refractivity contribution in [2.45, 2.75) is 30.6 Å². The Bertz CT molecular complexity index is 426. The van der Waals surface area contributed by atoms with E-state index in [2.05, 4.69) is 10.2 Å². The summed E-state index contributed by atoms with van der Waals surface area (Å²) in [5.41, 5.74) is 0. The van der Waals surface area contributed by atoms with Crippen molar-refractivity contribution in [1.29, 1.82) is 0 Å². The Hall–Kier alpha value is -1.09. The minimum atomic E-state index is -4.41. The Morgan fingerprint density at radius 2 is 2.19 bits per heavy atom. The first-order valence-corrected chi connectivity index (χ1v) is 5.77. The van der Waals surface area contributed by atoms with Gasteiger partial charge in [-0.25, -0.2) is 13.1 Å². The first-order chi connectivity index (χ1) is 7.21. The molecule has 2 N–H and O–H groups in total. The van der Waals surface area contributed by atoms with Crippen LogP contribution in [0.15, 0.2) is 17.3 Å². The highest BCUT2D eigenvalue weighted by molar-refractivity contribution is 7.89. The van der Waals surface area contributed by atoms with Crippen molar-refractivity contribution in [3.8, 4) is 0 Å². The maximum atomic E-state index is 12.0. The fourth-order valence-corrected chi connectivity index (χ4v) is 2.26. The predicted octanol–water partition coefficient (Wildman–Crippen LogP) is 1.03. The van der Waals surface area contributed by atoms with Crippen molar-refractivity contribution in [2.75, 3.05) is 0 Å². The van der Waals surface area contributed by atoms with Gasteiger partial charge in [-0.05, 0) is 13.0 Å². The van der Waals surface area contributed by atoms with Gasteiger partial charge >= 0.3 is 6.18 Å². The number of hydrogen-bond donors (Lipinski definition) is 2. The lowest BCUT2D eigenvalue weighted by Crippen LogP contribution is -2.36. The topological polar surface area (TPSA) is 74.8 Å². The summed E-state index contributed by atoms with van der Waals surface area (Å²) in [6.07, 6.45) is -4.43. The third kappa shape index (κ3) is 3.81.